The topological polar surface area (TPSA) is 45.8 Å². The van der Waals surface area contributed by atoms with Crippen LogP contribution in [0.5, 0.6) is 0 Å². The lowest BCUT2D eigenvalue weighted by atomic mass is 10.1. The standard InChI is InChI=1S/C10H9FN2O/c1-5-8(11)4-3-7-9(5)12-6(2)13-10(7)14/h3-4H,1-2H3,(H,12,13,14). The number of hydrogen-bond acceptors (Lipinski definition) is 2. The molecule has 0 amide bonds. The van der Waals surface area contributed by atoms with E-state index in [0.717, 1.165) is 0 Å². The Balaban J connectivity index is 3.03. The minimum atomic E-state index is -0.338. The zero-order valence-electron chi connectivity index (χ0n) is 7.89. The summed E-state index contributed by atoms with van der Waals surface area (Å²) in [5.41, 5.74) is 0.624. The van der Waals surface area contributed by atoms with Crippen molar-refractivity contribution in [2.24, 2.45) is 0 Å². The van der Waals surface area contributed by atoms with Crippen molar-refractivity contribution in [2.45, 2.75) is 13.8 Å². The molecule has 0 unspecified atom stereocenters. The van der Waals surface area contributed by atoms with Crippen LogP contribution < -0.4 is 5.56 Å². The first kappa shape index (κ1) is 8.87. The SMILES string of the molecule is Cc1nc2c(C)c(F)ccc2c(=O)[nH]1. The molecule has 1 heterocycles. The molecular weight excluding hydrogens is 183 g/mol. The van der Waals surface area contributed by atoms with Gasteiger partial charge >= 0.3 is 0 Å². The maximum Gasteiger partial charge on any atom is 0.258 e. The van der Waals surface area contributed by atoms with Gasteiger partial charge in [-0.15, -0.1) is 0 Å². The average Bonchev–Trinajstić information content (AvgIpc) is 2.12. The Morgan fingerprint density at radius 3 is 2.79 bits per heavy atom. The first-order valence-corrected chi connectivity index (χ1v) is 4.25. The Morgan fingerprint density at radius 1 is 1.36 bits per heavy atom. The Kier molecular flexibility index (Phi) is 1.84. The van der Waals surface area contributed by atoms with Gasteiger partial charge in [0, 0.05) is 5.56 Å². The quantitative estimate of drug-likeness (QED) is 0.690. The van der Waals surface area contributed by atoms with Crippen LogP contribution in [0.2, 0.25) is 0 Å². The van der Waals surface area contributed by atoms with Crippen molar-refractivity contribution < 1.29 is 4.39 Å². The van der Waals surface area contributed by atoms with Gasteiger partial charge in [-0.3, -0.25) is 4.79 Å². The molecule has 0 atom stereocenters. The third-order valence-corrected chi connectivity index (χ3v) is 2.18. The van der Waals surface area contributed by atoms with Gasteiger partial charge in [-0.25, -0.2) is 9.37 Å². The maximum atomic E-state index is 13.2. The minimum Gasteiger partial charge on any atom is -0.310 e. The van der Waals surface area contributed by atoms with Gasteiger partial charge in [0.25, 0.3) is 5.56 Å². The summed E-state index contributed by atoms with van der Waals surface area (Å²) in [5, 5.41) is 0.425. The first-order chi connectivity index (χ1) is 6.59. The number of hydrogen-bond donors (Lipinski definition) is 1. The fourth-order valence-corrected chi connectivity index (χ4v) is 1.43. The lowest BCUT2D eigenvalue weighted by Crippen LogP contribution is -2.10. The predicted molar refractivity (Wildman–Crippen MR) is 51.8 cm³/mol. The van der Waals surface area contributed by atoms with Crippen LogP contribution in [0, 0.1) is 19.7 Å². The number of benzene rings is 1. The second-order valence-corrected chi connectivity index (χ2v) is 3.22. The van der Waals surface area contributed by atoms with E-state index in [1.807, 2.05) is 0 Å². The van der Waals surface area contributed by atoms with Gasteiger partial charge in [-0.1, -0.05) is 0 Å². The van der Waals surface area contributed by atoms with E-state index in [-0.39, 0.29) is 11.4 Å². The third kappa shape index (κ3) is 1.19. The minimum absolute atomic E-state index is 0.226. The van der Waals surface area contributed by atoms with Crippen LogP contribution in [0.1, 0.15) is 11.4 Å². The molecule has 0 spiro atoms. The summed E-state index contributed by atoms with van der Waals surface area (Å²) in [4.78, 5) is 18.1. The highest BCUT2D eigenvalue weighted by Gasteiger charge is 2.07. The Morgan fingerprint density at radius 2 is 2.07 bits per heavy atom. The summed E-state index contributed by atoms with van der Waals surface area (Å²) in [6, 6.07) is 2.73. The summed E-state index contributed by atoms with van der Waals surface area (Å²) in [5.74, 6) is 0.159. The van der Waals surface area contributed by atoms with Gasteiger partial charge in [-0.2, -0.15) is 0 Å². The molecule has 3 nitrogen and oxygen atoms in total. The molecule has 0 aliphatic heterocycles. The van der Waals surface area contributed by atoms with Crippen molar-refractivity contribution in [2.75, 3.05) is 0 Å². The lowest BCUT2D eigenvalue weighted by molar-refractivity contribution is 0.620. The van der Waals surface area contributed by atoms with Crippen molar-refractivity contribution in [3.8, 4) is 0 Å². The van der Waals surface area contributed by atoms with E-state index in [9.17, 15) is 9.18 Å². The zero-order chi connectivity index (χ0) is 10.3. The molecule has 1 N–H and O–H groups in total. The van der Waals surface area contributed by atoms with Crippen LogP contribution >= 0.6 is 0 Å². The fourth-order valence-electron chi connectivity index (χ4n) is 1.43. The van der Waals surface area contributed by atoms with E-state index < -0.39 is 0 Å². The molecular formula is C10H9FN2O. The third-order valence-electron chi connectivity index (χ3n) is 2.18. The lowest BCUT2D eigenvalue weighted by Gasteiger charge is -2.02. The summed E-state index contributed by atoms with van der Waals surface area (Å²) >= 11 is 0. The molecule has 0 saturated heterocycles. The van der Waals surface area contributed by atoms with E-state index in [2.05, 4.69) is 9.97 Å². The number of aryl methyl sites for hydroxylation is 2. The van der Waals surface area contributed by atoms with Crippen LogP contribution in [0.25, 0.3) is 10.9 Å². The summed E-state index contributed by atoms with van der Waals surface area (Å²) in [7, 11) is 0. The molecule has 0 aliphatic carbocycles. The second kappa shape index (κ2) is 2.90. The van der Waals surface area contributed by atoms with Crippen molar-refractivity contribution in [1.29, 1.82) is 0 Å². The van der Waals surface area contributed by atoms with E-state index in [0.29, 0.717) is 22.3 Å². The highest BCUT2D eigenvalue weighted by molar-refractivity contribution is 5.80. The molecule has 0 radical (unpaired) electrons. The molecule has 0 saturated carbocycles. The van der Waals surface area contributed by atoms with Gasteiger partial charge in [-0.05, 0) is 26.0 Å². The summed E-state index contributed by atoms with van der Waals surface area (Å²) in [6.07, 6.45) is 0. The summed E-state index contributed by atoms with van der Waals surface area (Å²) in [6.45, 7) is 3.29. The van der Waals surface area contributed by atoms with Crippen LogP contribution in [0.4, 0.5) is 4.39 Å². The number of rotatable bonds is 0. The van der Waals surface area contributed by atoms with Gasteiger partial charge in [0.05, 0.1) is 10.9 Å². The zero-order valence-corrected chi connectivity index (χ0v) is 7.89. The number of nitrogens with zero attached hydrogens (tertiary/aromatic N) is 1. The molecule has 0 fully saturated rings. The highest BCUT2D eigenvalue weighted by atomic mass is 19.1. The molecule has 4 heteroatoms. The monoisotopic (exact) mass is 192 g/mol. The molecule has 14 heavy (non-hydrogen) atoms. The van der Waals surface area contributed by atoms with Crippen LogP contribution in [-0.2, 0) is 0 Å². The van der Waals surface area contributed by atoms with Crippen molar-refractivity contribution in [3.05, 3.63) is 39.7 Å². The molecule has 2 rings (SSSR count). The Hall–Kier alpha value is -1.71. The largest absolute Gasteiger partial charge is 0.310 e. The Bertz CT molecular complexity index is 560. The first-order valence-electron chi connectivity index (χ1n) is 4.25. The fraction of sp³-hybridized carbons (Fsp3) is 0.200. The van der Waals surface area contributed by atoms with Gasteiger partial charge < -0.3 is 4.98 Å². The van der Waals surface area contributed by atoms with E-state index >= 15 is 0 Å². The van der Waals surface area contributed by atoms with Crippen molar-refractivity contribution >= 4 is 10.9 Å². The van der Waals surface area contributed by atoms with Gasteiger partial charge in [0.2, 0.25) is 0 Å². The van der Waals surface area contributed by atoms with E-state index in [1.54, 1.807) is 13.8 Å². The molecule has 1 aromatic carbocycles. The molecule has 0 bridgehead atoms. The molecule has 72 valence electrons. The van der Waals surface area contributed by atoms with Crippen molar-refractivity contribution in [3.63, 3.8) is 0 Å². The van der Waals surface area contributed by atoms with Crippen molar-refractivity contribution in [1.82, 2.24) is 9.97 Å². The smallest absolute Gasteiger partial charge is 0.258 e. The number of H-pyrrole nitrogens is 1. The second-order valence-electron chi connectivity index (χ2n) is 3.22. The Labute approximate surface area is 79.6 Å². The number of aromatic amines is 1. The molecule has 2 aromatic rings. The van der Waals surface area contributed by atoms with Crippen LogP contribution in [0.15, 0.2) is 16.9 Å². The number of aromatic nitrogens is 2. The number of nitrogens with one attached hydrogen (secondary N) is 1. The average molecular weight is 192 g/mol. The maximum absolute atomic E-state index is 13.2. The molecule has 0 aliphatic rings. The predicted octanol–water partition coefficient (Wildman–Crippen LogP) is 1.68. The number of halogens is 1. The van der Waals surface area contributed by atoms with Crippen LogP contribution in [0.3, 0.4) is 0 Å². The highest BCUT2D eigenvalue weighted by Crippen LogP contribution is 2.15. The van der Waals surface area contributed by atoms with E-state index in [4.69, 9.17) is 0 Å². The summed E-state index contributed by atoms with van der Waals surface area (Å²) < 4.78 is 13.2. The van der Waals surface area contributed by atoms with E-state index in [1.165, 1.54) is 12.1 Å². The normalized spacial score (nSPS) is 10.8. The van der Waals surface area contributed by atoms with Crippen LogP contribution in [-0.4, -0.2) is 9.97 Å². The van der Waals surface area contributed by atoms with Gasteiger partial charge in [0.1, 0.15) is 11.6 Å². The number of fused-ring (bicyclic) bond motifs is 1. The van der Waals surface area contributed by atoms with Gasteiger partial charge in [0.15, 0.2) is 0 Å². The molecule has 1 aromatic heterocycles.